The van der Waals surface area contributed by atoms with Gasteiger partial charge in [-0.15, -0.1) is 0 Å². The van der Waals surface area contributed by atoms with E-state index in [1.165, 1.54) is 16.4 Å². The molecule has 7 heteroatoms. The third-order valence-corrected chi connectivity index (χ3v) is 7.28. The largest absolute Gasteiger partial charge is 0.508 e. The number of nitrogens with one attached hydrogen (secondary N) is 1. The second-order valence-corrected chi connectivity index (χ2v) is 9.49. The second-order valence-electron chi connectivity index (χ2n) is 7.63. The smallest absolute Gasteiger partial charge is 0.264 e. The molecule has 0 spiro atoms. The number of phenolic OH excluding ortho intramolecular Hbond substituents is 1. The summed E-state index contributed by atoms with van der Waals surface area (Å²) in [6, 6.07) is 19.9. The van der Waals surface area contributed by atoms with Gasteiger partial charge in [0.1, 0.15) is 5.75 Å². The Morgan fingerprint density at radius 1 is 1.03 bits per heavy atom. The molecule has 1 heterocycles. The van der Waals surface area contributed by atoms with Crippen LogP contribution in [0.5, 0.6) is 5.75 Å². The first-order valence-corrected chi connectivity index (χ1v) is 11.6. The summed E-state index contributed by atoms with van der Waals surface area (Å²) in [4.78, 5) is 12.9. The van der Waals surface area contributed by atoms with Gasteiger partial charge in [0.25, 0.3) is 15.9 Å². The molecule has 1 aliphatic rings. The van der Waals surface area contributed by atoms with Gasteiger partial charge in [-0.05, 0) is 67.3 Å². The third-order valence-electron chi connectivity index (χ3n) is 5.47. The summed E-state index contributed by atoms with van der Waals surface area (Å²) in [5.74, 6) is -0.263. The Balaban J connectivity index is 1.59. The summed E-state index contributed by atoms with van der Waals surface area (Å²) >= 11 is 0. The highest BCUT2D eigenvalue weighted by Gasteiger charge is 2.29. The van der Waals surface area contributed by atoms with E-state index in [2.05, 4.69) is 5.32 Å². The summed E-state index contributed by atoms with van der Waals surface area (Å²) in [6.07, 6.45) is 1.59. The molecule has 0 saturated carbocycles. The van der Waals surface area contributed by atoms with Gasteiger partial charge in [-0.25, -0.2) is 8.42 Å². The van der Waals surface area contributed by atoms with Crippen molar-refractivity contribution in [2.75, 3.05) is 10.8 Å². The van der Waals surface area contributed by atoms with Crippen molar-refractivity contribution in [3.05, 3.63) is 89.5 Å². The third kappa shape index (κ3) is 4.27. The first-order valence-electron chi connectivity index (χ1n) is 10.2. The molecule has 0 radical (unpaired) electrons. The van der Waals surface area contributed by atoms with E-state index in [9.17, 15) is 18.3 Å². The van der Waals surface area contributed by atoms with Crippen LogP contribution in [-0.4, -0.2) is 26.0 Å². The van der Waals surface area contributed by atoms with E-state index >= 15 is 0 Å². The number of aryl methyl sites for hydroxylation is 1. The molecule has 1 atom stereocenters. The Labute approximate surface area is 182 Å². The molecule has 0 aliphatic carbocycles. The predicted molar refractivity (Wildman–Crippen MR) is 120 cm³/mol. The van der Waals surface area contributed by atoms with Crippen LogP contribution in [0, 0.1) is 0 Å². The molecule has 0 fully saturated rings. The Kier molecular flexibility index (Phi) is 5.69. The number of fused-ring (bicyclic) bond motifs is 1. The maximum absolute atomic E-state index is 13.4. The van der Waals surface area contributed by atoms with Gasteiger partial charge in [-0.3, -0.25) is 9.10 Å². The number of nitrogens with zero attached hydrogens (tertiary/aromatic N) is 1. The Hall–Kier alpha value is -3.32. The number of para-hydroxylation sites is 1. The number of phenols is 1. The van der Waals surface area contributed by atoms with E-state index < -0.39 is 10.0 Å². The van der Waals surface area contributed by atoms with Crippen LogP contribution in [0.25, 0.3) is 0 Å². The Morgan fingerprint density at radius 2 is 1.81 bits per heavy atom. The summed E-state index contributed by atoms with van der Waals surface area (Å²) in [7, 11) is -3.80. The molecular weight excluding hydrogens is 412 g/mol. The van der Waals surface area contributed by atoms with Crippen LogP contribution in [0.1, 0.15) is 40.9 Å². The fourth-order valence-corrected chi connectivity index (χ4v) is 5.42. The first-order chi connectivity index (χ1) is 14.9. The van der Waals surface area contributed by atoms with E-state index in [4.69, 9.17) is 0 Å². The van der Waals surface area contributed by atoms with Crippen molar-refractivity contribution in [2.45, 2.75) is 30.7 Å². The normalized spacial score (nSPS) is 14.5. The molecule has 4 rings (SSSR count). The molecule has 3 aromatic rings. The van der Waals surface area contributed by atoms with Crippen molar-refractivity contribution in [3.63, 3.8) is 0 Å². The van der Waals surface area contributed by atoms with Gasteiger partial charge in [0.2, 0.25) is 0 Å². The fraction of sp³-hybridized carbons (Fsp3) is 0.208. The second kappa shape index (κ2) is 8.43. The highest BCUT2D eigenvalue weighted by molar-refractivity contribution is 7.92. The van der Waals surface area contributed by atoms with E-state index in [1.807, 2.05) is 24.3 Å². The number of anilines is 1. The van der Waals surface area contributed by atoms with Crippen LogP contribution in [0.4, 0.5) is 5.69 Å². The molecule has 0 aromatic heterocycles. The Bertz CT molecular complexity index is 1220. The number of hydrogen-bond acceptors (Lipinski definition) is 4. The molecule has 31 heavy (non-hydrogen) atoms. The van der Waals surface area contributed by atoms with Gasteiger partial charge in [0.05, 0.1) is 16.6 Å². The van der Waals surface area contributed by atoms with Crippen molar-refractivity contribution in [3.8, 4) is 5.75 Å². The number of benzene rings is 3. The van der Waals surface area contributed by atoms with Crippen molar-refractivity contribution >= 4 is 21.6 Å². The topological polar surface area (TPSA) is 86.7 Å². The molecule has 3 aromatic carbocycles. The molecule has 160 valence electrons. The fourth-order valence-electron chi connectivity index (χ4n) is 3.83. The monoisotopic (exact) mass is 436 g/mol. The van der Waals surface area contributed by atoms with Crippen LogP contribution in [0.2, 0.25) is 0 Å². The van der Waals surface area contributed by atoms with Gasteiger partial charge in [-0.1, -0.05) is 36.4 Å². The summed E-state index contributed by atoms with van der Waals surface area (Å²) < 4.78 is 28.2. The number of sulfonamides is 1. The van der Waals surface area contributed by atoms with E-state index in [0.29, 0.717) is 12.2 Å². The highest BCUT2D eigenvalue weighted by Crippen LogP contribution is 2.32. The van der Waals surface area contributed by atoms with Crippen LogP contribution >= 0.6 is 0 Å². The van der Waals surface area contributed by atoms with E-state index in [0.717, 1.165) is 24.0 Å². The van der Waals surface area contributed by atoms with Gasteiger partial charge >= 0.3 is 0 Å². The lowest BCUT2D eigenvalue weighted by Gasteiger charge is -2.30. The van der Waals surface area contributed by atoms with Crippen molar-refractivity contribution < 1.29 is 18.3 Å². The van der Waals surface area contributed by atoms with Crippen LogP contribution in [-0.2, 0) is 16.4 Å². The first kappa shape index (κ1) is 20.9. The highest BCUT2D eigenvalue weighted by atomic mass is 32.2. The molecule has 1 amide bonds. The summed E-state index contributed by atoms with van der Waals surface area (Å²) in [6.45, 7) is 2.21. The zero-order chi connectivity index (χ0) is 22.0. The molecular formula is C24H24N2O4S. The van der Waals surface area contributed by atoms with Crippen molar-refractivity contribution in [1.29, 1.82) is 0 Å². The number of aromatic hydroxyl groups is 1. The maximum atomic E-state index is 13.4. The van der Waals surface area contributed by atoms with Crippen molar-refractivity contribution in [2.24, 2.45) is 0 Å². The van der Waals surface area contributed by atoms with Crippen LogP contribution in [0.15, 0.2) is 77.7 Å². The number of carbonyl (C=O) groups excluding carboxylic acids is 1. The lowest BCUT2D eigenvalue weighted by atomic mass is 10.0. The Morgan fingerprint density at radius 3 is 2.61 bits per heavy atom. The average Bonchev–Trinajstić information content (AvgIpc) is 2.78. The summed E-state index contributed by atoms with van der Waals surface area (Å²) in [5.41, 5.74) is 2.72. The van der Waals surface area contributed by atoms with Gasteiger partial charge in [0, 0.05) is 12.1 Å². The van der Waals surface area contributed by atoms with Crippen molar-refractivity contribution in [1.82, 2.24) is 5.32 Å². The quantitative estimate of drug-likeness (QED) is 0.632. The van der Waals surface area contributed by atoms with Crippen LogP contribution in [0.3, 0.4) is 0 Å². The van der Waals surface area contributed by atoms with Crippen LogP contribution < -0.4 is 9.62 Å². The SMILES string of the molecule is CC(NC(=O)c1cccc(S(=O)(=O)N2CCCc3ccccc32)c1)c1cccc(O)c1. The standard InChI is InChI=1S/C24H24N2O4S/c1-17(19-8-4-11-21(27)15-19)25-24(28)20-9-5-12-22(16-20)31(29,30)26-14-6-10-18-7-2-3-13-23(18)26/h2-5,7-9,11-13,15-17,27H,6,10,14H2,1H3,(H,25,28). The lowest BCUT2D eigenvalue weighted by Crippen LogP contribution is -2.35. The molecule has 0 saturated heterocycles. The molecule has 1 unspecified atom stereocenters. The molecule has 1 aliphatic heterocycles. The maximum Gasteiger partial charge on any atom is 0.264 e. The van der Waals surface area contributed by atoms with E-state index in [1.54, 1.807) is 43.3 Å². The minimum Gasteiger partial charge on any atom is -0.508 e. The number of carbonyl (C=O) groups is 1. The average molecular weight is 437 g/mol. The van der Waals surface area contributed by atoms with Gasteiger partial charge in [-0.2, -0.15) is 0 Å². The summed E-state index contributed by atoms with van der Waals surface area (Å²) in [5, 5.41) is 12.5. The number of rotatable bonds is 5. The van der Waals surface area contributed by atoms with Gasteiger partial charge < -0.3 is 10.4 Å². The molecule has 2 N–H and O–H groups in total. The predicted octanol–water partition coefficient (Wildman–Crippen LogP) is 4.02. The number of amides is 1. The molecule has 0 bridgehead atoms. The zero-order valence-corrected chi connectivity index (χ0v) is 18.0. The minimum absolute atomic E-state index is 0.0851. The zero-order valence-electron chi connectivity index (χ0n) is 17.2. The molecule has 6 nitrogen and oxygen atoms in total. The number of hydrogen-bond donors (Lipinski definition) is 2. The van der Waals surface area contributed by atoms with Gasteiger partial charge in [0.15, 0.2) is 0 Å². The lowest BCUT2D eigenvalue weighted by molar-refractivity contribution is 0.0939. The minimum atomic E-state index is -3.80. The van der Waals surface area contributed by atoms with E-state index in [-0.39, 0.29) is 28.2 Å².